The summed E-state index contributed by atoms with van der Waals surface area (Å²) in [5, 5.41) is 0. The van der Waals surface area contributed by atoms with Gasteiger partial charge in [-0.2, -0.15) is 0 Å². The number of methoxy groups -OCH3 is 2. The van der Waals surface area contributed by atoms with E-state index in [1.54, 1.807) is 26.4 Å². The molecule has 0 amide bonds. The molecule has 1 aliphatic carbocycles. The summed E-state index contributed by atoms with van der Waals surface area (Å²) < 4.78 is 22.1. The van der Waals surface area contributed by atoms with Gasteiger partial charge < -0.3 is 18.9 Å². The first-order valence-corrected chi connectivity index (χ1v) is 7.08. The Bertz CT molecular complexity index is 477. The van der Waals surface area contributed by atoms with E-state index in [2.05, 4.69) is 15.9 Å². The van der Waals surface area contributed by atoms with E-state index in [0.717, 1.165) is 10.2 Å². The second-order valence-corrected chi connectivity index (χ2v) is 5.26. The van der Waals surface area contributed by atoms with E-state index >= 15 is 0 Å². The molecular weight excluding hydrogens is 328 g/mol. The minimum atomic E-state index is -0.501. The van der Waals surface area contributed by atoms with Crippen LogP contribution in [0.4, 0.5) is 0 Å². The van der Waals surface area contributed by atoms with Gasteiger partial charge in [-0.15, -0.1) is 0 Å². The van der Waals surface area contributed by atoms with Crippen molar-refractivity contribution in [3.8, 4) is 11.5 Å². The fraction of sp³-hybridized carbons (Fsp3) is 0.500. The number of hydrogen-bond donors (Lipinski definition) is 0. The first-order valence-electron chi connectivity index (χ1n) is 6.29. The zero-order valence-corrected chi connectivity index (χ0v) is 13.0. The van der Waals surface area contributed by atoms with Crippen molar-refractivity contribution in [3.63, 3.8) is 0 Å². The molecule has 5 nitrogen and oxygen atoms in total. The van der Waals surface area contributed by atoms with E-state index in [-0.39, 0.29) is 11.9 Å². The van der Waals surface area contributed by atoms with Crippen LogP contribution in [-0.2, 0) is 14.3 Å². The lowest BCUT2D eigenvalue weighted by molar-refractivity contribution is -0.156. The molecule has 0 bridgehead atoms. The van der Waals surface area contributed by atoms with Gasteiger partial charge >= 0.3 is 0 Å². The van der Waals surface area contributed by atoms with E-state index in [1.807, 2.05) is 6.07 Å². The Morgan fingerprint density at radius 3 is 2.70 bits per heavy atom. The van der Waals surface area contributed by atoms with Gasteiger partial charge in [-0.25, -0.2) is 0 Å². The molecule has 110 valence electrons. The van der Waals surface area contributed by atoms with Gasteiger partial charge in [0, 0.05) is 13.5 Å². The summed E-state index contributed by atoms with van der Waals surface area (Å²) >= 11 is 3.42. The average Bonchev–Trinajstić information content (AvgIpc) is 2.44. The molecule has 20 heavy (non-hydrogen) atoms. The van der Waals surface area contributed by atoms with Crippen LogP contribution in [0, 0.1) is 0 Å². The maximum atomic E-state index is 11.5. The molecule has 0 aliphatic heterocycles. The highest BCUT2D eigenvalue weighted by Gasteiger charge is 2.42. The van der Waals surface area contributed by atoms with Crippen molar-refractivity contribution in [2.24, 2.45) is 0 Å². The topological polar surface area (TPSA) is 54.0 Å². The van der Waals surface area contributed by atoms with Crippen LogP contribution in [0.3, 0.4) is 0 Å². The first kappa shape index (κ1) is 15.3. The zero-order valence-electron chi connectivity index (χ0n) is 11.4. The third-order valence-electron chi connectivity index (χ3n) is 3.06. The smallest absolute Gasteiger partial charge is 0.169 e. The average molecular weight is 345 g/mol. The molecule has 0 radical (unpaired) electrons. The summed E-state index contributed by atoms with van der Waals surface area (Å²) in [5.74, 6) is 1.47. The number of carbonyl (C=O) groups is 1. The van der Waals surface area contributed by atoms with Crippen molar-refractivity contribution in [3.05, 3.63) is 22.7 Å². The highest BCUT2D eigenvalue weighted by molar-refractivity contribution is 9.10. The minimum absolute atomic E-state index is 0.0655. The van der Waals surface area contributed by atoms with E-state index in [9.17, 15) is 4.79 Å². The van der Waals surface area contributed by atoms with Crippen LogP contribution in [0.5, 0.6) is 11.5 Å². The lowest BCUT2D eigenvalue weighted by Gasteiger charge is -2.34. The summed E-state index contributed by atoms with van der Waals surface area (Å²) in [6, 6.07) is 5.43. The molecule has 0 N–H and O–H groups in total. The molecule has 2 atom stereocenters. The molecule has 1 fully saturated rings. The Morgan fingerprint density at radius 2 is 2.10 bits per heavy atom. The van der Waals surface area contributed by atoms with Crippen LogP contribution in [0.1, 0.15) is 6.42 Å². The van der Waals surface area contributed by atoms with Crippen molar-refractivity contribution in [2.45, 2.75) is 18.6 Å². The fourth-order valence-corrected chi connectivity index (χ4v) is 2.35. The molecule has 1 aromatic rings. The number of ketones is 1. The normalized spacial score (nSPS) is 21.4. The Balaban J connectivity index is 1.94. The zero-order chi connectivity index (χ0) is 14.5. The Morgan fingerprint density at radius 1 is 1.30 bits per heavy atom. The number of benzene rings is 1. The van der Waals surface area contributed by atoms with Crippen LogP contribution in [-0.4, -0.2) is 45.4 Å². The summed E-state index contributed by atoms with van der Waals surface area (Å²) in [5.41, 5.74) is 0. The second-order valence-electron chi connectivity index (χ2n) is 4.41. The maximum Gasteiger partial charge on any atom is 0.169 e. The lowest BCUT2D eigenvalue weighted by Crippen LogP contribution is -2.52. The third kappa shape index (κ3) is 3.50. The predicted molar refractivity (Wildman–Crippen MR) is 76.4 cm³/mol. The van der Waals surface area contributed by atoms with Crippen molar-refractivity contribution in [1.29, 1.82) is 0 Å². The van der Waals surface area contributed by atoms with Gasteiger partial charge in [-0.05, 0) is 34.1 Å². The molecule has 2 rings (SSSR count). The molecule has 1 aliphatic rings. The van der Waals surface area contributed by atoms with Crippen LogP contribution < -0.4 is 9.47 Å². The summed E-state index contributed by atoms with van der Waals surface area (Å²) in [6.07, 6.45) is -0.376. The molecule has 0 saturated heterocycles. The Hall–Kier alpha value is -1.11. The highest BCUT2D eigenvalue weighted by Crippen LogP contribution is 2.33. The minimum Gasteiger partial charge on any atom is -0.497 e. The van der Waals surface area contributed by atoms with E-state index < -0.39 is 6.10 Å². The molecule has 6 heteroatoms. The molecule has 0 aromatic heterocycles. The van der Waals surface area contributed by atoms with Crippen LogP contribution in [0.25, 0.3) is 0 Å². The van der Waals surface area contributed by atoms with Crippen LogP contribution >= 0.6 is 15.9 Å². The lowest BCUT2D eigenvalue weighted by atomic mass is 9.90. The number of Topliss-reactive ketones (excluding diaryl/α,β-unsaturated/α-hetero) is 1. The Labute approximate surface area is 126 Å². The van der Waals surface area contributed by atoms with Crippen LogP contribution in [0.2, 0.25) is 0 Å². The van der Waals surface area contributed by atoms with Crippen molar-refractivity contribution < 1.29 is 23.7 Å². The third-order valence-corrected chi connectivity index (χ3v) is 3.68. The maximum absolute atomic E-state index is 11.5. The standard InChI is InChI=1S/C14H17BrO5/c1-17-5-6-19-14-11(16)8-13(14)20-12-4-3-9(18-2)7-10(12)15/h3-4,7,13-14H,5-6,8H2,1-2H3. The SMILES string of the molecule is COCCOC1C(=O)CC1Oc1ccc(OC)cc1Br. The number of rotatable bonds is 7. The number of halogens is 1. The van der Waals surface area contributed by atoms with E-state index in [0.29, 0.717) is 25.4 Å². The van der Waals surface area contributed by atoms with E-state index in [1.165, 1.54) is 0 Å². The molecule has 1 aromatic carbocycles. The first-order chi connectivity index (χ1) is 9.65. The summed E-state index contributed by atoms with van der Waals surface area (Å²) in [4.78, 5) is 11.5. The molecule has 0 spiro atoms. The Kier molecular flexibility index (Phi) is 5.39. The highest BCUT2D eigenvalue weighted by atomic mass is 79.9. The van der Waals surface area contributed by atoms with Gasteiger partial charge in [0.25, 0.3) is 0 Å². The van der Waals surface area contributed by atoms with Gasteiger partial charge in [0.05, 0.1) is 24.8 Å². The molecular formula is C14H17BrO5. The van der Waals surface area contributed by atoms with Gasteiger partial charge in [0.15, 0.2) is 11.9 Å². The molecule has 2 unspecified atom stereocenters. The van der Waals surface area contributed by atoms with Crippen molar-refractivity contribution in [2.75, 3.05) is 27.4 Å². The van der Waals surface area contributed by atoms with Gasteiger partial charge in [-0.1, -0.05) is 0 Å². The van der Waals surface area contributed by atoms with E-state index in [4.69, 9.17) is 18.9 Å². The fourth-order valence-electron chi connectivity index (χ4n) is 1.90. The van der Waals surface area contributed by atoms with Crippen molar-refractivity contribution >= 4 is 21.7 Å². The second kappa shape index (κ2) is 7.06. The summed E-state index contributed by atoms with van der Waals surface area (Å²) in [7, 11) is 3.20. The summed E-state index contributed by atoms with van der Waals surface area (Å²) in [6.45, 7) is 0.847. The predicted octanol–water partition coefficient (Wildman–Crippen LogP) is 2.21. The van der Waals surface area contributed by atoms with Crippen LogP contribution in [0.15, 0.2) is 22.7 Å². The van der Waals surface area contributed by atoms with Gasteiger partial charge in [0.1, 0.15) is 17.6 Å². The molecule has 1 saturated carbocycles. The number of ether oxygens (including phenoxy) is 4. The molecule has 0 heterocycles. The number of carbonyl (C=O) groups excluding carboxylic acids is 1. The van der Waals surface area contributed by atoms with Gasteiger partial charge in [-0.3, -0.25) is 4.79 Å². The number of hydrogen-bond acceptors (Lipinski definition) is 5. The quantitative estimate of drug-likeness (QED) is 0.710. The van der Waals surface area contributed by atoms with Crippen molar-refractivity contribution in [1.82, 2.24) is 0 Å². The monoisotopic (exact) mass is 344 g/mol. The van der Waals surface area contributed by atoms with Gasteiger partial charge in [0.2, 0.25) is 0 Å². The largest absolute Gasteiger partial charge is 0.497 e.